The van der Waals surface area contributed by atoms with E-state index in [1.165, 1.54) is 5.56 Å². The van der Waals surface area contributed by atoms with Gasteiger partial charge in [0, 0.05) is 18.2 Å². The first-order valence-electron chi connectivity index (χ1n) is 5.35. The van der Waals surface area contributed by atoms with Gasteiger partial charge in [0.25, 0.3) is 0 Å². The van der Waals surface area contributed by atoms with Crippen molar-refractivity contribution in [1.82, 2.24) is 4.98 Å². The van der Waals surface area contributed by atoms with Crippen LogP contribution in [-0.4, -0.2) is 10.1 Å². The van der Waals surface area contributed by atoms with E-state index in [1.807, 2.05) is 29.0 Å². The highest BCUT2D eigenvalue weighted by atomic mass is 32.1. The van der Waals surface area contributed by atoms with Gasteiger partial charge in [-0.25, -0.2) is 0 Å². The van der Waals surface area contributed by atoms with Gasteiger partial charge in [-0.2, -0.15) is 11.3 Å². The van der Waals surface area contributed by atoms with E-state index in [9.17, 15) is 5.11 Å². The Bertz CT molecular complexity index is 615. The number of fused-ring (bicyclic) bond motifs is 1. The molecule has 1 N–H and O–H groups in total. The van der Waals surface area contributed by atoms with Gasteiger partial charge in [-0.15, -0.1) is 11.3 Å². The van der Waals surface area contributed by atoms with Crippen molar-refractivity contribution in [2.45, 2.75) is 12.5 Å². The highest BCUT2D eigenvalue weighted by Crippen LogP contribution is 2.25. The van der Waals surface area contributed by atoms with Crippen LogP contribution < -0.4 is 0 Å². The first-order chi connectivity index (χ1) is 8.33. The molecule has 0 radical (unpaired) electrons. The molecule has 86 valence electrons. The van der Waals surface area contributed by atoms with E-state index in [4.69, 9.17) is 0 Å². The molecule has 0 spiro atoms. The van der Waals surface area contributed by atoms with Gasteiger partial charge < -0.3 is 5.11 Å². The van der Waals surface area contributed by atoms with E-state index in [0.717, 1.165) is 15.8 Å². The maximum atomic E-state index is 10.2. The van der Waals surface area contributed by atoms with Crippen LogP contribution >= 0.6 is 22.7 Å². The zero-order valence-electron chi connectivity index (χ0n) is 9.04. The molecule has 0 aromatic carbocycles. The molecule has 0 saturated carbocycles. The fourth-order valence-corrected chi connectivity index (χ4v) is 3.26. The third-order valence-corrected chi connectivity index (χ3v) is 4.30. The molecule has 0 saturated heterocycles. The van der Waals surface area contributed by atoms with Crippen LogP contribution in [0, 0.1) is 0 Å². The molecular weight excluding hydrogens is 250 g/mol. The van der Waals surface area contributed by atoms with Crippen LogP contribution in [0.3, 0.4) is 0 Å². The highest BCUT2D eigenvalue weighted by molar-refractivity contribution is 7.17. The van der Waals surface area contributed by atoms with Crippen LogP contribution in [0.1, 0.15) is 17.2 Å². The Kier molecular flexibility index (Phi) is 2.93. The molecule has 3 aromatic rings. The average Bonchev–Trinajstić information content (AvgIpc) is 2.97. The molecule has 0 amide bonds. The van der Waals surface area contributed by atoms with Crippen molar-refractivity contribution in [3.8, 4) is 0 Å². The second-order valence-electron chi connectivity index (χ2n) is 3.92. The molecule has 3 rings (SSSR count). The Balaban J connectivity index is 1.87. The summed E-state index contributed by atoms with van der Waals surface area (Å²) in [6.07, 6.45) is 1.96. The molecule has 1 atom stereocenters. The summed E-state index contributed by atoms with van der Waals surface area (Å²) in [4.78, 5) is 4.34. The third-order valence-electron chi connectivity index (χ3n) is 2.72. The molecule has 2 nitrogen and oxygen atoms in total. The van der Waals surface area contributed by atoms with Gasteiger partial charge in [0.1, 0.15) is 0 Å². The van der Waals surface area contributed by atoms with Crippen LogP contribution in [0.2, 0.25) is 0 Å². The number of aliphatic hydroxyl groups is 1. The summed E-state index contributed by atoms with van der Waals surface area (Å²) < 4.78 is 1.13. The lowest BCUT2D eigenvalue weighted by molar-refractivity contribution is 0.178. The number of nitrogens with zero attached hydrogens (tertiary/aromatic N) is 1. The predicted octanol–water partition coefficient (Wildman–Crippen LogP) is 3.63. The normalized spacial score (nSPS) is 13.0. The Morgan fingerprint density at radius 2 is 2.24 bits per heavy atom. The van der Waals surface area contributed by atoms with E-state index in [0.29, 0.717) is 6.42 Å². The molecule has 0 aliphatic rings. The quantitative estimate of drug-likeness (QED) is 0.781. The monoisotopic (exact) mass is 261 g/mol. The summed E-state index contributed by atoms with van der Waals surface area (Å²) in [6.45, 7) is 0. The van der Waals surface area contributed by atoms with Gasteiger partial charge in [-0.05, 0) is 39.9 Å². The summed E-state index contributed by atoms with van der Waals surface area (Å²) >= 11 is 3.31. The molecule has 0 fully saturated rings. The van der Waals surface area contributed by atoms with Crippen molar-refractivity contribution in [1.29, 1.82) is 0 Å². The van der Waals surface area contributed by atoms with Crippen LogP contribution in [0.5, 0.6) is 0 Å². The number of hydrogen-bond acceptors (Lipinski definition) is 4. The maximum absolute atomic E-state index is 10.2. The molecular formula is C13H11NOS2. The Morgan fingerprint density at radius 1 is 1.29 bits per heavy atom. The second-order valence-corrected chi connectivity index (χ2v) is 5.65. The van der Waals surface area contributed by atoms with Gasteiger partial charge in [0.05, 0.1) is 16.3 Å². The Labute approximate surface area is 107 Å². The minimum Gasteiger partial charge on any atom is -0.388 e. The molecule has 17 heavy (non-hydrogen) atoms. The first kappa shape index (κ1) is 10.9. The summed E-state index contributed by atoms with van der Waals surface area (Å²) in [5.74, 6) is 0. The van der Waals surface area contributed by atoms with E-state index < -0.39 is 6.10 Å². The van der Waals surface area contributed by atoms with E-state index in [-0.39, 0.29) is 0 Å². The smallest absolute Gasteiger partial charge is 0.0846 e. The highest BCUT2D eigenvalue weighted by Gasteiger charge is 2.10. The largest absolute Gasteiger partial charge is 0.388 e. The van der Waals surface area contributed by atoms with E-state index in [1.54, 1.807) is 28.9 Å². The number of aliphatic hydroxyl groups excluding tert-OH is 1. The standard InChI is InChI=1S/C13H11NOS2/c15-12(5-9-1-3-16-8-9)10-6-13-11(14-7-10)2-4-17-13/h1-4,6-8,12,15H,5H2. The lowest BCUT2D eigenvalue weighted by Gasteiger charge is -2.09. The summed E-state index contributed by atoms with van der Waals surface area (Å²) in [7, 11) is 0. The van der Waals surface area contributed by atoms with Crippen molar-refractivity contribution >= 4 is 32.9 Å². The molecule has 4 heteroatoms. The van der Waals surface area contributed by atoms with Crippen molar-refractivity contribution in [3.05, 3.63) is 51.7 Å². The summed E-state index contributed by atoms with van der Waals surface area (Å²) in [5, 5.41) is 16.3. The number of thiophene rings is 2. The molecule has 0 bridgehead atoms. The van der Waals surface area contributed by atoms with Gasteiger partial charge in [0.15, 0.2) is 0 Å². The van der Waals surface area contributed by atoms with Crippen LogP contribution in [-0.2, 0) is 6.42 Å². The van der Waals surface area contributed by atoms with Crippen molar-refractivity contribution < 1.29 is 5.11 Å². The predicted molar refractivity (Wildman–Crippen MR) is 72.6 cm³/mol. The van der Waals surface area contributed by atoms with E-state index >= 15 is 0 Å². The molecule has 0 aliphatic carbocycles. The molecule has 3 heterocycles. The third kappa shape index (κ3) is 2.24. The lowest BCUT2D eigenvalue weighted by Crippen LogP contribution is -2.01. The molecule has 3 aromatic heterocycles. The minimum atomic E-state index is -0.469. The fourth-order valence-electron chi connectivity index (χ4n) is 1.79. The fraction of sp³-hybridized carbons (Fsp3) is 0.154. The van der Waals surface area contributed by atoms with Gasteiger partial charge in [-0.3, -0.25) is 4.98 Å². The van der Waals surface area contributed by atoms with Crippen LogP contribution in [0.15, 0.2) is 40.5 Å². The maximum Gasteiger partial charge on any atom is 0.0846 e. The van der Waals surface area contributed by atoms with Gasteiger partial charge >= 0.3 is 0 Å². The Morgan fingerprint density at radius 3 is 3.06 bits per heavy atom. The van der Waals surface area contributed by atoms with Crippen LogP contribution in [0.4, 0.5) is 0 Å². The van der Waals surface area contributed by atoms with Gasteiger partial charge in [-0.1, -0.05) is 0 Å². The molecule has 1 unspecified atom stereocenters. The number of hydrogen-bond donors (Lipinski definition) is 1. The molecule has 0 aliphatic heterocycles. The second kappa shape index (κ2) is 4.56. The first-order valence-corrected chi connectivity index (χ1v) is 7.17. The zero-order chi connectivity index (χ0) is 11.7. The minimum absolute atomic E-state index is 0.469. The van der Waals surface area contributed by atoms with Crippen molar-refractivity contribution in [3.63, 3.8) is 0 Å². The van der Waals surface area contributed by atoms with Crippen molar-refractivity contribution in [2.24, 2.45) is 0 Å². The Hall–Kier alpha value is -1.23. The summed E-state index contributed by atoms with van der Waals surface area (Å²) in [5.41, 5.74) is 3.07. The number of aromatic nitrogens is 1. The topological polar surface area (TPSA) is 33.1 Å². The zero-order valence-corrected chi connectivity index (χ0v) is 10.7. The van der Waals surface area contributed by atoms with E-state index in [2.05, 4.69) is 10.4 Å². The SMILES string of the molecule is OC(Cc1ccsc1)c1cnc2ccsc2c1. The average molecular weight is 261 g/mol. The van der Waals surface area contributed by atoms with Crippen molar-refractivity contribution in [2.75, 3.05) is 0 Å². The number of pyridine rings is 1. The number of rotatable bonds is 3. The summed E-state index contributed by atoms with van der Waals surface area (Å²) in [6, 6.07) is 6.07. The van der Waals surface area contributed by atoms with Crippen LogP contribution in [0.25, 0.3) is 10.2 Å². The van der Waals surface area contributed by atoms with Gasteiger partial charge in [0.2, 0.25) is 0 Å². The lowest BCUT2D eigenvalue weighted by atomic mass is 10.1.